The highest BCUT2D eigenvalue weighted by Crippen LogP contribution is 2.52. The predicted molar refractivity (Wildman–Crippen MR) is 117 cm³/mol. The molecule has 3 nitrogen and oxygen atoms in total. The number of hydrogen-bond acceptors (Lipinski definition) is 3. The molecule has 0 aromatic heterocycles. The second-order valence-corrected chi connectivity index (χ2v) is 10.5. The van der Waals surface area contributed by atoms with Gasteiger partial charge in [0.05, 0.1) is 6.61 Å². The Balaban J connectivity index is 1.09. The summed E-state index contributed by atoms with van der Waals surface area (Å²) in [7, 11) is 0. The van der Waals surface area contributed by atoms with Gasteiger partial charge in [-0.2, -0.15) is 0 Å². The van der Waals surface area contributed by atoms with Crippen LogP contribution in [0.4, 0.5) is 0 Å². The third-order valence-electron chi connectivity index (χ3n) is 7.20. The topological polar surface area (TPSA) is 15.7 Å². The molecule has 1 unspecified atom stereocenters. The molecule has 0 bridgehead atoms. The molecule has 0 spiro atoms. The van der Waals surface area contributed by atoms with Crippen molar-refractivity contribution in [2.45, 2.75) is 58.4 Å². The quantitative estimate of drug-likeness (QED) is 0.611. The maximum Gasteiger partial charge on any atom is 0.0500 e. The molecule has 1 aliphatic carbocycles. The molecule has 2 heterocycles. The Morgan fingerprint density at radius 1 is 0.929 bits per heavy atom. The van der Waals surface area contributed by atoms with E-state index in [1.54, 1.807) is 0 Å². The smallest absolute Gasteiger partial charge is 0.0500 e. The van der Waals surface area contributed by atoms with Crippen molar-refractivity contribution in [3.63, 3.8) is 0 Å². The van der Waals surface area contributed by atoms with Crippen LogP contribution in [-0.4, -0.2) is 55.7 Å². The summed E-state index contributed by atoms with van der Waals surface area (Å²) in [5.41, 5.74) is 3.13. The molecule has 0 amide bonds. The lowest BCUT2D eigenvalue weighted by molar-refractivity contribution is 0.0967. The summed E-state index contributed by atoms with van der Waals surface area (Å²) in [6, 6.07) is 9.28. The van der Waals surface area contributed by atoms with E-state index in [4.69, 9.17) is 4.74 Å². The van der Waals surface area contributed by atoms with E-state index in [1.807, 2.05) is 0 Å². The number of nitrogens with zero attached hydrogens (tertiary/aromatic N) is 2. The first-order valence-corrected chi connectivity index (χ1v) is 11.6. The second kappa shape index (κ2) is 8.85. The summed E-state index contributed by atoms with van der Waals surface area (Å²) in [6.07, 6.45) is 5.42. The Morgan fingerprint density at radius 2 is 1.61 bits per heavy atom. The summed E-state index contributed by atoms with van der Waals surface area (Å²) >= 11 is 0. The van der Waals surface area contributed by atoms with Crippen LogP contribution in [-0.2, 0) is 16.7 Å². The molecule has 28 heavy (non-hydrogen) atoms. The third-order valence-corrected chi connectivity index (χ3v) is 7.20. The molecular formula is C25H40N2O. The highest BCUT2D eigenvalue weighted by Gasteiger charge is 2.55. The lowest BCUT2D eigenvalue weighted by atomic mass is 9.87. The highest BCUT2D eigenvalue weighted by atomic mass is 16.5. The fraction of sp³-hybridized carbons (Fsp3) is 0.760. The van der Waals surface area contributed by atoms with Crippen LogP contribution in [0.5, 0.6) is 0 Å². The zero-order chi connectivity index (χ0) is 19.6. The molecule has 1 saturated carbocycles. The van der Waals surface area contributed by atoms with Crippen LogP contribution < -0.4 is 0 Å². The molecule has 3 atom stereocenters. The van der Waals surface area contributed by atoms with Crippen LogP contribution in [0.25, 0.3) is 0 Å². The van der Waals surface area contributed by atoms with E-state index >= 15 is 0 Å². The highest BCUT2D eigenvalue weighted by molar-refractivity contribution is 5.27. The molecule has 2 saturated heterocycles. The molecule has 3 fully saturated rings. The molecule has 1 aromatic rings. The number of rotatable bonds is 8. The summed E-state index contributed by atoms with van der Waals surface area (Å²) < 4.78 is 6.04. The van der Waals surface area contributed by atoms with E-state index in [0.29, 0.717) is 0 Å². The summed E-state index contributed by atoms with van der Waals surface area (Å²) in [5.74, 6) is 2.64. The molecule has 3 heteroatoms. The molecule has 4 rings (SSSR count). The lowest BCUT2D eigenvalue weighted by Gasteiger charge is -2.26. The van der Waals surface area contributed by atoms with Crippen LogP contribution >= 0.6 is 0 Å². The number of ether oxygens (including phenoxy) is 1. The van der Waals surface area contributed by atoms with E-state index in [9.17, 15) is 0 Å². The molecule has 0 radical (unpaired) electrons. The van der Waals surface area contributed by atoms with Gasteiger partial charge in [0.2, 0.25) is 0 Å². The summed E-state index contributed by atoms with van der Waals surface area (Å²) in [6.45, 7) is 16.3. The molecule has 2 aliphatic heterocycles. The molecule has 156 valence electrons. The largest absolute Gasteiger partial charge is 0.381 e. The van der Waals surface area contributed by atoms with Crippen molar-refractivity contribution in [2.75, 3.05) is 45.9 Å². The SMILES string of the molecule is CC(C)(C)c1ccc(CN2C[C@@H]3C(COCCCN4CCCCC4)[C@@H]3C2)cc1. The average Bonchev–Trinajstić information content (AvgIpc) is 3.13. The van der Waals surface area contributed by atoms with Gasteiger partial charge in [0.15, 0.2) is 0 Å². The molecule has 3 aliphatic rings. The Bertz CT molecular complexity index is 602. The van der Waals surface area contributed by atoms with Crippen LogP contribution in [0.2, 0.25) is 0 Å². The number of fused-ring (bicyclic) bond motifs is 1. The van der Waals surface area contributed by atoms with Gasteiger partial charge < -0.3 is 9.64 Å². The lowest BCUT2D eigenvalue weighted by Crippen LogP contribution is -2.31. The van der Waals surface area contributed by atoms with Crippen molar-refractivity contribution >= 4 is 0 Å². The average molecular weight is 385 g/mol. The van der Waals surface area contributed by atoms with Gasteiger partial charge in [-0.15, -0.1) is 0 Å². The zero-order valence-corrected chi connectivity index (χ0v) is 18.3. The minimum absolute atomic E-state index is 0.245. The fourth-order valence-electron chi connectivity index (χ4n) is 5.27. The molecule has 0 N–H and O–H groups in total. The van der Waals surface area contributed by atoms with Crippen molar-refractivity contribution in [3.8, 4) is 0 Å². The predicted octanol–water partition coefficient (Wildman–Crippen LogP) is 4.55. The maximum absolute atomic E-state index is 6.04. The first-order valence-electron chi connectivity index (χ1n) is 11.6. The van der Waals surface area contributed by atoms with E-state index in [1.165, 1.54) is 69.5 Å². The fourth-order valence-corrected chi connectivity index (χ4v) is 5.27. The van der Waals surface area contributed by atoms with Gasteiger partial charge in [0.25, 0.3) is 0 Å². The Morgan fingerprint density at radius 3 is 2.25 bits per heavy atom. The standard InChI is InChI=1S/C25H40N2O/c1-25(2,3)21-10-8-20(9-11-21)16-27-17-22-23(18-27)24(22)19-28-15-7-14-26-12-5-4-6-13-26/h8-11,22-24H,4-7,12-19H2,1-3H3/t22-,23+,24?. The number of benzene rings is 1. The zero-order valence-electron chi connectivity index (χ0n) is 18.3. The van der Waals surface area contributed by atoms with E-state index in [2.05, 4.69) is 54.8 Å². The Kier molecular flexibility index (Phi) is 6.44. The Hall–Kier alpha value is -0.900. The first-order chi connectivity index (χ1) is 13.5. The van der Waals surface area contributed by atoms with E-state index in [-0.39, 0.29) is 5.41 Å². The van der Waals surface area contributed by atoms with Crippen LogP contribution in [0.1, 0.15) is 57.6 Å². The number of hydrogen-bond donors (Lipinski definition) is 0. The molecular weight excluding hydrogens is 344 g/mol. The number of piperidine rings is 2. The minimum Gasteiger partial charge on any atom is -0.381 e. The summed E-state index contributed by atoms with van der Waals surface area (Å²) in [5, 5.41) is 0. The second-order valence-electron chi connectivity index (χ2n) is 10.5. The van der Waals surface area contributed by atoms with Crippen molar-refractivity contribution in [2.24, 2.45) is 17.8 Å². The Labute approximate surface area is 172 Å². The maximum atomic E-state index is 6.04. The van der Waals surface area contributed by atoms with Gasteiger partial charge in [0.1, 0.15) is 0 Å². The van der Waals surface area contributed by atoms with Crippen LogP contribution in [0, 0.1) is 17.8 Å². The third kappa shape index (κ3) is 5.17. The van der Waals surface area contributed by atoms with Crippen molar-refractivity contribution < 1.29 is 4.74 Å². The minimum atomic E-state index is 0.245. The van der Waals surface area contributed by atoms with Gasteiger partial charge in [-0.1, -0.05) is 51.5 Å². The normalized spacial score (nSPS) is 28.5. The van der Waals surface area contributed by atoms with Gasteiger partial charge in [-0.25, -0.2) is 0 Å². The number of likely N-dealkylation sites (tertiary alicyclic amines) is 2. The first kappa shape index (κ1) is 20.4. The van der Waals surface area contributed by atoms with Gasteiger partial charge >= 0.3 is 0 Å². The molecule has 1 aromatic carbocycles. The van der Waals surface area contributed by atoms with E-state index < -0.39 is 0 Å². The van der Waals surface area contributed by atoms with Gasteiger partial charge in [-0.3, -0.25) is 4.90 Å². The van der Waals surface area contributed by atoms with Gasteiger partial charge in [-0.05, 0) is 66.6 Å². The van der Waals surface area contributed by atoms with Crippen molar-refractivity contribution in [1.29, 1.82) is 0 Å². The monoisotopic (exact) mass is 384 g/mol. The van der Waals surface area contributed by atoms with E-state index in [0.717, 1.165) is 37.5 Å². The van der Waals surface area contributed by atoms with Crippen molar-refractivity contribution in [1.82, 2.24) is 9.80 Å². The van der Waals surface area contributed by atoms with Crippen LogP contribution in [0.3, 0.4) is 0 Å². The van der Waals surface area contributed by atoms with Crippen molar-refractivity contribution in [3.05, 3.63) is 35.4 Å². The van der Waals surface area contributed by atoms with Gasteiger partial charge in [0, 0.05) is 32.8 Å². The van der Waals surface area contributed by atoms with Crippen LogP contribution in [0.15, 0.2) is 24.3 Å². The summed E-state index contributed by atoms with van der Waals surface area (Å²) in [4.78, 5) is 5.26.